The number of amides is 1. The summed E-state index contributed by atoms with van der Waals surface area (Å²) in [6.07, 6.45) is 3.59. The lowest BCUT2D eigenvalue weighted by atomic mass is 10.2. The van der Waals surface area contributed by atoms with E-state index < -0.39 is 10.0 Å². The van der Waals surface area contributed by atoms with Gasteiger partial charge in [0.1, 0.15) is 5.76 Å². The number of rotatable bonds is 11. The van der Waals surface area contributed by atoms with Crippen LogP contribution in [0, 0.1) is 0 Å². The zero-order chi connectivity index (χ0) is 23.0. The lowest BCUT2D eigenvalue weighted by molar-refractivity contribution is 0.0956. The first-order valence-electron chi connectivity index (χ1n) is 10.1. The van der Waals surface area contributed by atoms with E-state index in [4.69, 9.17) is 4.42 Å². The van der Waals surface area contributed by atoms with Crippen molar-refractivity contribution in [2.75, 3.05) is 29.4 Å². The second-order valence-electron chi connectivity index (χ2n) is 6.78. The second kappa shape index (κ2) is 11.5. The van der Waals surface area contributed by atoms with Crippen LogP contribution >= 0.6 is 23.5 Å². The Balaban J connectivity index is 1.59. The minimum atomic E-state index is -3.69. The van der Waals surface area contributed by atoms with Gasteiger partial charge in [-0.25, -0.2) is 8.42 Å². The van der Waals surface area contributed by atoms with Crippen molar-refractivity contribution in [3.63, 3.8) is 0 Å². The standard InChI is InChI=1S/C23H26N2O4S3/c1-3-25(32(27,28)22-12-10-21(30-2)11-13-22)19-8-6-18(7-9-19)23(26)24-14-16-31-17-20-5-4-15-29-20/h4-13,15H,3,14,16-17H2,1-2H3,(H,24,26). The molecule has 6 nitrogen and oxygen atoms in total. The molecule has 0 saturated heterocycles. The van der Waals surface area contributed by atoms with Gasteiger partial charge in [0.15, 0.2) is 0 Å². The number of benzene rings is 2. The lowest BCUT2D eigenvalue weighted by Crippen LogP contribution is -2.31. The number of hydrogen-bond acceptors (Lipinski definition) is 6. The molecule has 3 aromatic rings. The number of anilines is 1. The first-order chi connectivity index (χ1) is 15.5. The smallest absolute Gasteiger partial charge is 0.264 e. The molecule has 2 aromatic carbocycles. The van der Waals surface area contributed by atoms with Crippen LogP contribution in [-0.2, 0) is 15.8 Å². The van der Waals surface area contributed by atoms with E-state index in [2.05, 4.69) is 5.32 Å². The molecule has 1 aromatic heterocycles. The van der Waals surface area contributed by atoms with E-state index >= 15 is 0 Å². The Morgan fingerprint density at radius 1 is 1.06 bits per heavy atom. The predicted octanol–water partition coefficient (Wildman–Crippen LogP) is 4.88. The maximum absolute atomic E-state index is 13.1. The monoisotopic (exact) mass is 490 g/mol. The third kappa shape index (κ3) is 6.11. The Kier molecular flexibility index (Phi) is 8.72. The van der Waals surface area contributed by atoms with Gasteiger partial charge in [-0.15, -0.1) is 11.8 Å². The van der Waals surface area contributed by atoms with Gasteiger partial charge in [0, 0.05) is 29.3 Å². The summed E-state index contributed by atoms with van der Waals surface area (Å²) in [5, 5.41) is 2.88. The maximum atomic E-state index is 13.1. The van der Waals surface area contributed by atoms with Crippen LogP contribution < -0.4 is 9.62 Å². The highest BCUT2D eigenvalue weighted by atomic mass is 32.2. The molecule has 0 aliphatic carbocycles. The molecule has 0 radical (unpaired) electrons. The number of carbonyl (C=O) groups excluding carboxylic acids is 1. The van der Waals surface area contributed by atoms with Crippen LogP contribution in [0.15, 0.2) is 81.1 Å². The molecule has 0 spiro atoms. The third-order valence-corrected chi connectivity index (χ3v) is 8.35. The average Bonchev–Trinajstić information content (AvgIpc) is 3.33. The van der Waals surface area contributed by atoms with Gasteiger partial charge in [0.25, 0.3) is 15.9 Å². The molecule has 3 rings (SSSR count). The van der Waals surface area contributed by atoms with Gasteiger partial charge in [-0.05, 0) is 73.8 Å². The van der Waals surface area contributed by atoms with E-state index in [1.807, 2.05) is 18.4 Å². The minimum absolute atomic E-state index is 0.186. The van der Waals surface area contributed by atoms with E-state index in [0.29, 0.717) is 17.8 Å². The zero-order valence-electron chi connectivity index (χ0n) is 18.0. The topological polar surface area (TPSA) is 79.6 Å². The van der Waals surface area contributed by atoms with Gasteiger partial charge < -0.3 is 9.73 Å². The second-order valence-corrected chi connectivity index (χ2v) is 10.6. The van der Waals surface area contributed by atoms with Crippen molar-refractivity contribution in [3.05, 3.63) is 78.3 Å². The molecule has 0 fully saturated rings. The highest BCUT2D eigenvalue weighted by Gasteiger charge is 2.23. The van der Waals surface area contributed by atoms with E-state index in [1.54, 1.807) is 85.2 Å². The van der Waals surface area contributed by atoms with Crippen molar-refractivity contribution in [1.29, 1.82) is 0 Å². The fourth-order valence-corrected chi connectivity index (χ4v) is 5.69. The normalized spacial score (nSPS) is 11.3. The lowest BCUT2D eigenvalue weighted by Gasteiger charge is -2.23. The van der Waals surface area contributed by atoms with Crippen LogP contribution in [0.25, 0.3) is 0 Å². The van der Waals surface area contributed by atoms with Crippen molar-refractivity contribution in [2.24, 2.45) is 0 Å². The number of furan rings is 1. The summed E-state index contributed by atoms with van der Waals surface area (Å²) < 4.78 is 32.8. The average molecular weight is 491 g/mol. The minimum Gasteiger partial charge on any atom is -0.468 e. The SMILES string of the molecule is CCN(c1ccc(C(=O)NCCSCc2ccco2)cc1)S(=O)(=O)c1ccc(SC)cc1. The summed E-state index contributed by atoms with van der Waals surface area (Å²) in [4.78, 5) is 13.6. The molecule has 1 heterocycles. The summed E-state index contributed by atoms with van der Waals surface area (Å²) in [7, 11) is -3.69. The van der Waals surface area contributed by atoms with E-state index in [-0.39, 0.29) is 17.3 Å². The largest absolute Gasteiger partial charge is 0.468 e. The number of nitrogens with one attached hydrogen (secondary N) is 1. The van der Waals surface area contributed by atoms with Gasteiger partial charge in [0.05, 0.1) is 22.6 Å². The highest BCUT2D eigenvalue weighted by molar-refractivity contribution is 7.98. The van der Waals surface area contributed by atoms with Crippen LogP contribution in [0.5, 0.6) is 0 Å². The highest BCUT2D eigenvalue weighted by Crippen LogP contribution is 2.25. The van der Waals surface area contributed by atoms with Crippen molar-refractivity contribution in [2.45, 2.75) is 22.5 Å². The molecule has 0 bridgehead atoms. The quantitative estimate of drug-likeness (QED) is 0.305. The Morgan fingerprint density at radius 3 is 2.38 bits per heavy atom. The Hall–Kier alpha value is -2.36. The van der Waals surface area contributed by atoms with Crippen molar-refractivity contribution < 1.29 is 17.6 Å². The van der Waals surface area contributed by atoms with Gasteiger partial charge in [-0.2, -0.15) is 11.8 Å². The molecule has 32 heavy (non-hydrogen) atoms. The number of carbonyl (C=O) groups is 1. The fraction of sp³-hybridized carbons (Fsp3) is 0.261. The van der Waals surface area contributed by atoms with Gasteiger partial charge in [0.2, 0.25) is 0 Å². The van der Waals surface area contributed by atoms with Gasteiger partial charge in [-0.1, -0.05) is 0 Å². The van der Waals surface area contributed by atoms with Gasteiger partial charge >= 0.3 is 0 Å². The van der Waals surface area contributed by atoms with E-state index in [9.17, 15) is 13.2 Å². The summed E-state index contributed by atoms with van der Waals surface area (Å²) in [6, 6.07) is 17.2. The number of sulfonamides is 1. The number of hydrogen-bond donors (Lipinski definition) is 1. The summed E-state index contributed by atoms with van der Waals surface area (Å²) in [5.74, 6) is 2.25. The zero-order valence-corrected chi connectivity index (χ0v) is 20.4. The molecule has 0 aliphatic heterocycles. The van der Waals surface area contributed by atoms with E-state index in [1.165, 1.54) is 4.31 Å². The predicted molar refractivity (Wildman–Crippen MR) is 132 cm³/mol. The van der Waals surface area contributed by atoms with Crippen LogP contribution in [0.3, 0.4) is 0 Å². The van der Waals surface area contributed by atoms with Gasteiger partial charge in [-0.3, -0.25) is 9.10 Å². The Bertz CT molecular complexity index is 1100. The summed E-state index contributed by atoms with van der Waals surface area (Å²) >= 11 is 3.24. The maximum Gasteiger partial charge on any atom is 0.264 e. The number of thioether (sulfide) groups is 2. The molecule has 0 saturated carbocycles. The molecule has 1 amide bonds. The van der Waals surface area contributed by atoms with Crippen molar-refractivity contribution >= 4 is 45.1 Å². The first-order valence-corrected chi connectivity index (χ1v) is 13.9. The van der Waals surface area contributed by atoms with Crippen LogP contribution in [-0.4, -0.2) is 39.4 Å². The first kappa shape index (κ1) is 24.3. The summed E-state index contributed by atoms with van der Waals surface area (Å²) in [5.41, 5.74) is 1.01. The van der Waals surface area contributed by atoms with Crippen LogP contribution in [0.1, 0.15) is 23.0 Å². The number of nitrogens with zero attached hydrogens (tertiary/aromatic N) is 1. The molecule has 0 aliphatic rings. The van der Waals surface area contributed by atoms with Crippen LogP contribution in [0.2, 0.25) is 0 Å². The van der Waals surface area contributed by atoms with E-state index in [0.717, 1.165) is 22.2 Å². The fourth-order valence-electron chi connectivity index (χ4n) is 3.05. The summed E-state index contributed by atoms with van der Waals surface area (Å²) in [6.45, 7) is 2.60. The molecule has 0 atom stereocenters. The van der Waals surface area contributed by atoms with Crippen LogP contribution in [0.4, 0.5) is 5.69 Å². The van der Waals surface area contributed by atoms with Crippen molar-refractivity contribution in [3.8, 4) is 0 Å². The molecule has 1 N–H and O–H groups in total. The molecule has 170 valence electrons. The Morgan fingerprint density at radius 2 is 1.78 bits per heavy atom. The molecule has 9 heteroatoms. The third-order valence-electron chi connectivity index (χ3n) is 4.71. The molecular weight excluding hydrogens is 464 g/mol. The van der Waals surface area contributed by atoms with Crippen molar-refractivity contribution in [1.82, 2.24) is 5.32 Å². The molecule has 0 unspecified atom stereocenters. The molecular formula is C23H26N2O4S3. The Labute approximate surface area is 197 Å².